The normalized spacial score (nSPS) is 12.6. The lowest BCUT2D eigenvalue weighted by atomic mass is 10.2. The molecule has 5 nitrogen and oxygen atoms in total. The number of rotatable bonds is 6. The summed E-state index contributed by atoms with van der Waals surface area (Å²) in [6.45, 7) is 8.00. The van der Waals surface area contributed by atoms with Crippen molar-refractivity contribution in [3.63, 3.8) is 0 Å². The van der Waals surface area contributed by atoms with E-state index in [9.17, 15) is 0 Å². The highest BCUT2D eigenvalue weighted by Gasteiger charge is 2.08. The van der Waals surface area contributed by atoms with E-state index >= 15 is 0 Å². The third-order valence-electron chi connectivity index (χ3n) is 2.87. The van der Waals surface area contributed by atoms with Crippen molar-refractivity contribution in [2.24, 2.45) is 0 Å². The first kappa shape index (κ1) is 13.7. The molecular weight excluding hydrogens is 214 g/mol. The summed E-state index contributed by atoms with van der Waals surface area (Å²) in [6.07, 6.45) is 1.59. The van der Waals surface area contributed by atoms with Gasteiger partial charge in [-0.3, -0.25) is 0 Å². The second kappa shape index (κ2) is 6.39. The van der Waals surface area contributed by atoms with Gasteiger partial charge in [0.1, 0.15) is 18.0 Å². The molecule has 0 radical (unpaired) electrons. The molecule has 0 spiro atoms. The highest BCUT2D eigenvalue weighted by Crippen LogP contribution is 2.17. The highest BCUT2D eigenvalue weighted by atomic mass is 15.1. The zero-order valence-corrected chi connectivity index (χ0v) is 11.4. The number of nitrogens with one attached hydrogen (secondary N) is 2. The zero-order chi connectivity index (χ0) is 12.8. The highest BCUT2D eigenvalue weighted by molar-refractivity contribution is 5.56. The average Bonchev–Trinajstić information content (AvgIpc) is 2.30. The average molecular weight is 237 g/mol. The SMILES string of the molecule is CCNc1ncnc(NCC(C)N(C)C)c1C. The van der Waals surface area contributed by atoms with Gasteiger partial charge in [0.05, 0.1) is 0 Å². The fraction of sp³-hybridized carbons (Fsp3) is 0.667. The van der Waals surface area contributed by atoms with E-state index in [1.807, 2.05) is 6.92 Å². The van der Waals surface area contributed by atoms with Crippen molar-refractivity contribution in [1.82, 2.24) is 14.9 Å². The number of aromatic nitrogens is 2. The molecule has 0 aliphatic carbocycles. The summed E-state index contributed by atoms with van der Waals surface area (Å²) in [5.74, 6) is 1.81. The summed E-state index contributed by atoms with van der Waals surface area (Å²) < 4.78 is 0. The van der Waals surface area contributed by atoms with E-state index in [1.54, 1.807) is 6.33 Å². The maximum atomic E-state index is 4.27. The number of anilines is 2. The van der Waals surface area contributed by atoms with E-state index in [1.165, 1.54) is 0 Å². The molecule has 0 aliphatic heterocycles. The van der Waals surface area contributed by atoms with E-state index in [-0.39, 0.29) is 0 Å². The van der Waals surface area contributed by atoms with Gasteiger partial charge in [-0.25, -0.2) is 9.97 Å². The Morgan fingerprint density at radius 3 is 2.35 bits per heavy atom. The van der Waals surface area contributed by atoms with Crippen molar-refractivity contribution < 1.29 is 0 Å². The van der Waals surface area contributed by atoms with E-state index < -0.39 is 0 Å². The van der Waals surface area contributed by atoms with Gasteiger partial charge in [0.2, 0.25) is 0 Å². The van der Waals surface area contributed by atoms with Gasteiger partial charge >= 0.3 is 0 Å². The first-order valence-corrected chi connectivity index (χ1v) is 6.02. The number of nitrogens with zero attached hydrogens (tertiary/aromatic N) is 3. The molecule has 0 saturated heterocycles. The summed E-state index contributed by atoms with van der Waals surface area (Å²) in [6, 6.07) is 0.465. The van der Waals surface area contributed by atoms with E-state index in [2.05, 4.69) is 53.4 Å². The predicted octanol–water partition coefficient (Wildman–Crippen LogP) is 1.58. The molecule has 0 amide bonds. The maximum absolute atomic E-state index is 4.27. The van der Waals surface area contributed by atoms with Crippen LogP contribution in [0.25, 0.3) is 0 Å². The Morgan fingerprint density at radius 2 is 1.82 bits per heavy atom. The quantitative estimate of drug-likeness (QED) is 0.786. The lowest BCUT2D eigenvalue weighted by Gasteiger charge is -2.21. The van der Waals surface area contributed by atoms with Crippen molar-refractivity contribution >= 4 is 11.6 Å². The van der Waals surface area contributed by atoms with Gasteiger partial charge in [-0.1, -0.05) is 0 Å². The summed E-state index contributed by atoms with van der Waals surface area (Å²) in [4.78, 5) is 10.7. The van der Waals surface area contributed by atoms with Gasteiger partial charge in [0.15, 0.2) is 0 Å². The van der Waals surface area contributed by atoms with E-state index in [0.29, 0.717) is 6.04 Å². The Kier molecular flexibility index (Phi) is 5.15. The lowest BCUT2D eigenvalue weighted by Crippen LogP contribution is -2.31. The Hall–Kier alpha value is -1.36. The number of likely N-dealkylation sites (N-methyl/N-ethyl adjacent to an activating group) is 1. The minimum atomic E-state index is 0.465. The Balaban J connectivity index is 2.68. The Labute approximate surface area is 104 Å². The molecule has 0 bridgehead atoms. The predicted molar refractivity (Wildman–Crippen MR) is 72.6 cm³/mol. The Bertz CT molecular complexity index is 351. The monoisotopic (exact) mass is 237 g/mol. The van der Waals surface area contributed by atoms with Crippen molar-refractivity contribution in [1.29, 1.82) is 0 Å². The van der Waals surface area contributed by atoms with Gasteiger partial charge in [-0.2, -0.15) is 0 Å². The zero-order valence-electron chi connectivity index (χ0n) is 11.4. The lowest BCUT2D eigenvalue weighted by molar-refractivity contribution is 0.326. The van der Waals surface area contributed by atoms with Crippen molar-refractivity contribution in [3.8, 4) is 0 Å². The van der Waals surface area contributed by atoms with E-state index in [4.69, 9.17) is 0 Å². The molecule has 0 saturated carbocycles. The topological polar surface area (TPSA) is 53.1 Å². The third kappa shape index (κ3) is 3.85. The van der Waals surface area contributed by atoms with Crippen LogP contribution in [-0.2, 0) is 0 Å². The van der Waals surface area contributed by atoms with Crippen LogP contribution in [-0.4, -0.2) is 48.1 Å². The van der Waals surface area contributed by atoms with Gasteiger partial charge in [-0.05, 0) is 34.9 Å². The number of hydrogen-bond donors (Lipinski definition) is 2. The fourth-order valence-corrected chi connectivity index (χ4v) is 1.40. The van der Waals surface area contributed by atoms with Crippen LogP contribution in [0.15, 0.2) is 6.33 Å². The summed E-state index contributed by atoms with van der Waals surface area (Å²) in [5, 5.41) is 6.59. The van der Waals surface area contributed by atoms with Crippen LogP contribution in [0.5, 0.6) is 0 Å². The fourth-order valence-electron chi connectivity index (χ4n) is 1.40. The molecule has 1 heterocycles. The third-order valence-corrected chi connectivity index (χ3v) is 2.87. The molecule has 5 heteroatoms. The van der Waals surface area contributed by atoms with Crippen LogP contribution in [0.4, 0.5) is 11.6 Å². The van der Waals surface area contributed by atoms with Gasteiger partial charge in [0.25, 0.3) is 0 Å². The van der Waals surface area contributed by atoms with Crippen LogP contribution in [0.2, 0.25) is 0 Å². The molecular formula is C12H23N5. The first-order valence-electron chi connectivity index (χ1n) is 6.02. The number of hydrogen-bond acceptors (Lipinski definition) is 5. The standard InChI is InChI=1S/C12H23N5/c1-6-13-11-10(3)12(16-8-15-11)14-7-9(2)17(4)5/h8-9H,6-7H2,1-5H3,(H2,13,14,15,16). The van der Waals surface area contributed by atoms with Crippen LogP contribution < -0.4 is 10.6 Å². The summed E-state index contributed by atoms with van der Waals surface area (Å²) >= 11 is 0. The summed E-state index contributed by atoms with van der Waals surface area (Å²) in [5.41, 5.74) is 1.07. The maximum Gasteiger partial charge on any atom is 0.134 e. The summed E-state index contributed by atoms with van der Waals surface area (Å²) in [7, 11) is 4.15. The first-order chi connectivity index (χ1) is 8.06. The molecule has 1 unspecified atom stereocenters. The molecule has 96 valence electrons. The molecule has 2 N–H and O–H groups in total. The van der Waals surface area contributed by atoms with Crippen molar-refractivity contribution in [2.45, 2.75) is 26.8 Å². The molecule has 1 aromatic heterocycles. The van der Waals surface area contributed by atoms with Gasteiger partial charge in [0, 0.05) is 24.7 Å². The Morgan fingerprint density at radius 1 is 1.24 bits per heavy atom. The van der Waals surface area contributed by atoms with Crippen LogP contribution in [0, 0.1) is 6.92 Å². The molecule has 0 aliphatic rings. The molecule has 1 atom stereocenters. The molecule has 0 fully saturated rings. The van der Waals surface area contributed by atoms with Crippen LogP contribution >= 0.6 is 0 Å². The van der Waals surface area contributed by atoms with E-state index in [0.717, 1.165) is 30.3 Å². The molecule has 17 heavy (non-hydrogen) atoms. The molecule has 1 aromatic rings. The minimum Gasteiger partial charge on any atom is -0.370 e. The van der Waals surface area contributed by atoms with Gasteiger partial charge in [-0.15, -0.1) is 0 Å². The molecule has 1 rings (SSSR count). The van der Waals surface area contributed by atoms with Gasteiger partial charge < -0.3 is 15.5 Å². The van der Waals surface area contributed by atoms with Crippen molar-refractivity contribution in [2.75, 3.05) is 37.8 Å². The second-order valence-corrected chi connectivity index (χ2v) is 4.42. The second-order valence-electron chi connectivity index (χ2n) is 4.42. The smallest absolute Gasteiger partial charge is 0.134 e. The minimum absolute atomic E-state index is 0.465. The molecule has 0 aromatic carbocycles. The van der Waals surface area contributed by atoms with Crippen molar-refractivity contribution in [3.05, 3.63) is 11.9 Å². The van der Waals surface area contributed by atoms with Crippen LogP contribution in [0.3, 0.4) is 0 Å². The largest absolute Gasteiger partial charge is 0.370 e. The van der Waals surface area contributed by atoms with Crippen LogP contribution in [0.1, 0.15) is 19.4 Å².